The molecule has 6 N–H and O–H groups in total. The van der Waals surface area contributed by atoms with Gasteiger partial charge in [0.25, 0.3) is 30.4 Å². The fraction of sp³-hybridized carbons (Fsp3) is 0.125. The molecule has 0 spiro atoms. The summed E-state index contributed by atoms with van der Waals surface area (Å²) in [5, 5.41) is 17.9. The quantitative estimate of drug-likeness (QED) is 0.222. The standard InChI is InChI=1S/C16H15N3O10S3/c17-14-13-9(2-1-7-16(13,20)32(27,28)29)8-12(31(24,25)26)15(14)19-18-10-3-5-11(6-4-10)30(21,22)23/h1-6,8,20H,7,17H2,(H,21,22,23)(H,24,25,26)(H,27,28,29). The molecule has 0 bridgehead atoms. The Hall–Kier alpha value is -2.73. The lowest BCUT2D eigenvalue weighted by Crippen LogP contribution is -2.37. The molecule has 1 unspecified atom stereocenters. The van der Waals surface area contributed by atoms with Gasteiger partial charge in [-0.1, -0.05) is 12.2 Å². The summed E-state index contributed by atoms with van der Waals surface area (Å²) in [5.74, 6) is 0. The summed E-state index contributed by atoms with van der Waals surface area (Å²) in [7, 11) is -14.6. The van der Waals surface area contributed by atoms with Crippen LogP contribution < -0.4 is 5.73 Å². The number of hydrogen-bond acceptors (Lipinski definition) is 10. The third-order valence-corrected chi connectivity index (χ3v) is 7.48. The highest BCUT2D eigenvalue weighted by Gasteiger charge is 2.47. The molecule has 0 heterocycles. The maximum atomic E-state index is 11.9. The van der Waals surface area contributed by atoms with Gasteiger partial charge in [0.05, 0.1) is 16.3 Å². The predicted octanol–water partition coefficient (Wildman–Crippen LogP) is 1.63. The number of rotatable bonds is 5. The van der Waals surface area contributed by atoms with Gasteiger partial charge in [-0.2, -0.15) is 30.4 Å². The van der Waals surface area contributed by atoms with E-state index in [1.807, 2.05) is 0 Å². The zero-order valence-corrected chi connectivity index (χ0v) is 18.1. The molecule has 0 radical (unpaired) electrons. The first-order chi connectivity index (χ1) is 14.6. The van der Waals surface area contributed by atoms with E-state index in [1.165, 1.54) is 6.08 Å². The first-order valence-corrected chi connectivity index (χ1v) is 12.7. The Labute approximate surface area is 182 Å². The van der Waals surface area contributed by atoms with Crippen LogP contribution in [-0.4, -0.2) is 44.0 Å². The van der Waals surface area contributed by atoms with Crippen LogP contribution in [0.2, 0.25) is 0 Å². The van der Waals surface area contributed by atoms with Gasteiger partial charge in [-0.3, -0.25) is 13.7 Å². The molecule has 1 aliphatic rings. The normalized spacial score (nSPS) is 19.2. The van der Waals surface area contributed by atoms with Crippen molar-refractivity contribution in [3.8, 4) is 0 Å². The molecule has 0 saturated carbocycles. The zero-order valence-electron chi connectivity index (χ0n) is 15.7. The fourth-order valence-corrected chi connectivity index (χ4v) is 4.97. The molecule has 0 saturated heterocycles. The van der Waals surface area contributed by atoms with Gasteiger partial charge in [0.1, 0.15) is 10.6 Å². The largest absolute Gasteiger partial charge is 0.397 e. The molecule has 13 nitrogen and oxygen atoms in total. The van der Waals surface area contributed by atoms with Crippen molar-refractivity contribution >= 4 is 53.5 Å². The number of hydrogen-bond donors (Lipinski definition) is 5. The van der Waals surface area contributed by atoms with Gasteiger partial charge in [-0.05, 0) is 35.9 Å². The van der Waals surface area contributed by atoms with E-state index < -0.39 is 68.4 Å². The Morgan fingerprint density at radius 1 is 0.906 bits per heavy atom. The lowest BCUT2D eigenvalue weighted by atomic mass is 9.92. The van der Waals surface area contributed by atoms with Crippen molar-refractivity contribution in [3.05, 3.63) is 47.5 Å². The van der Waals surface area contributed by atoms with Gasteiger partial charge in [-0.25, -0.2) is 0 Å². The van der Waals surface area contributed by atoms with E-state index in [4.69, 9.17) is 10.3 Å². The Kier molecular flexibility index (Phi) is 5.75. The fourth-order valence-electron chi connectivity index (χ4n) is 3.03. The minimum absolute atomic E-state index is 0.0410. The Balaban J connectivity index is 2.25. The maximum Gasteiger partial charge on any atom is 0.299 e. The minimum Gasteiger partial charge on any atom is -0.397 e. The Bertz CT molecular complexity index is 1480. The summed E-state index contributed by atoms with van der Waals surface area (Å²) in [6, 6.07) is 4.96. The number of nitrogens with zero attached hydrogens (tertiary/aromatic N) is 2. The van der Waals surface area contributed by atoms with Gasteiger partial charge in [0.15, 0.2) is 0 Å². The van der Waals surface area contributed by atoms with Crippen molar-refractivity contribution in [3.63, 3.8) is 0 Å². The van der Waals surface area contributed by atoms with Crippen LogP contribution in [-0.2, 0) is 35.3 Å². The van der Waals surface area contributed by atoms with Crippen LogP contribution in [0.1, 0.15) is 17.5 Å². The lowest BCUT2D eigenvalue weighted by molar-refractivity contribution is 0.115. The topological polar surface area (TPSA) is 234 Å². The van der Waals surface area contributed by atoms with E-state index in [-0.39, 0.29) is 11.3 Å². The molecule has 2 aromatic carbocycles. The average Bonchev–Trinajstić information content (AvgIpc) is 2.65. The molecule has 1 atom stereocenters. The highest BCUT2D eigenvalue weighted by atomic mass is 32.2. The van der Waals surface area contributed by atoms with Crippen LogP contribution >= 0.6 is 0 Å². The van der Waals surface area contributed by atoms with Crippen molar-refractivity contribution in [1.29, 1.82) is 0 Å². The van der Waals surface area contributed by atoms with Crippen LogP contribution in [0.15, 0.2) is 56.4 Å². The highest BCUT2D eigenvalue weighted by Crippen LogP contribution is 2.47. The molecule has 172 valence electrons. The molecule has 16 heteroatoms. The number of anilines is 1. The maximum absolute atomic E-state index is 11.9. The van der Waals surface area contributed by atoms with E-state index in [1.54, 1.807) is 0 Å². The van der Waals surface area contributed by atoms with E-state index >= 15 is 0 Å². The summed E-state index contributed by atoms with van der Waals surface area (Å²) < 4.78 is 97.7. The first kappa shape index (κ1) is 23.9. The van der Waals surface area contributed by atoms with Crippen molar-refractivity contribution in [1.82, 2.24) is 0 Å². The van der Waals surface area contributed by atoms with Gasteiger partial charge in [0.2, 0.25) is 4.93 Å². The average molecular weight is 506 g/mol. The third-order valence-electron chi connectivity index (χ3n) is 4.52. The molecule has 32 heavy (non-hydrogen) atoms. The molecular formula is C16H15N3O10S3. The second-order valence-electron chi connectivity index (χ2n) is 6.61. The van der Waals surface area contributed by atoms with Crippen molar-refractivity contribution < 1.29 is 44.0 Å². The summed E-state index contributed by atoms with van der Waals surface area (Å²) in [6.45, 7) is 0. The molecule has 0 fully saturated rings. The zero-order chi connectivity index (χ0) is 24.1. The molecule has 0 aromatic heterocycles. The van der Waals surface area contributed by atoms with Gasteiger partial charge >= 0.3 is 0 Å². The number of benzene rings is 2. The SMILES string of the molecule is Nc1c(N=Nc2ccc(S(=O)(=O)O)cc2)c(S(=O)(=O)O)cc2c1C(O)(S(=O)(=O)O)CC=C2. The summed E-state index contributed by atoms with van der Waals surface area (Å²) in [5.41, 5.74) is 3.66. The van der Waals surface area contributed by atoms with Crippen molar-refractivity contribution in [2.75, 3.05) is 5.73 Å². The molecule has 2 aromatic rings. The van der Waals surface area contributed by atoms with Crippen LogP contribution in [0.4, 0.5) is 17.1 Å². The second kappa shape index (κ2) is 7.69. The third kappa shape index (κ3) is 4.29. The van der Waals surface area contributed by atoms with E-state index in [0.29, 0.717) is 0 Å². The predicted molar refractivity (Wildman–Crippen MR) is 110 cm³/mol. The number of fused-ring (bicyclic) bond motifs is 1. The Morgan fingerprint density at radius 2 is 1.50 bits per heavy atom. The highest BCUT2D eigenvalue weighted by molar-refractivity contribution is 7.86. The van der Waals surface area contributed by atoms with Gasteiger partial charge in [0, 0.05) is 12.0 Å². The van der Waals surface area contributed by atoms with E-state index in [9.17, 15) is 39.5 Å². The van der Waals surface area contributed by atoms with Crippen LogP contribution in [0, 0.1) is 0 Å². The van der Waals surface area contributed by atoms with E-state index in [2.05, 4.69) is 10.2 Å². The smallest absolute Gasteiger partial charge is 0.299 e. The van der Waals surface area contributed by atoms with Crippen LogP contribution in [0.3, 0.4) is 0 Å². The number of azo groups is 1. The monoisotopic (exact) mass is 505 g/mol. The van der Waals surface area contributed by atoms with E-state index in [0.717, 1.165) is 36.4 Å². The number of nitrogens with two attached hydrogens (primary N) is 1. The van der Waals surface area contributed by atoms with Crippen LogP contribution in [0.5, 0.6) is 0 Å². The van der Waals surface area contributed by atoms with Crippen molar-refractivity contribution in [2.45, 2.75) is 21.1 Å². The molecular weight excluding hydrogens is 490 g/mol. The lowest BCUT2D eigenvalue weighted by Gasteiger charge is -2.30. The molecule has 3 rings (SSSR count). The molecule has 0 amide bonds. The van der Waals surface area contributed by atoms with Gasteiger partial charge in [-0.15, -0.1) is 5.11 Å². The molecule has 0 aliphatic heterocycles. The summed E-state index contributed by atoms with van der Waals surface area (Å²) >= 11 is 0. The van der Waals surface area contributed by atoms with Gasteiger partial charge < -0.3 is 10.8 Å². The Morgan fingerprint density at radius 3 is 2.00 bits per heavy atom. The molecule has 1 aliphatic carbocycles. The summed E-state index contributed by atoms with van der Waals surface area (Å²) in [4.78, 5) is -4.23. The second-order valence-corrected chi connectivity index (χ2v) is 11.0. The minimum atomic E-state index is -5.15. The van der Waals surface area contributed by atoms with Crippen LogP contribution in [0.25, 0.3) is 6.08 Å². The number of aliphatic hydroxyl groups is 1. The number of nitrogen functional groups attached to an aromatic ring is 1. The summed E-state index contributed by atoms with van der Waals surface area (Å²) in [6.07, 6.45) is 1.78. The van der Waals surface area contributed by atoms with Crippen molar-refractivity contribution in [2.24, 2.45) is 10.2 Å². The first-order valence-electron chi connectivity index (χ1n) is 8.35.